The summed E-state index contributed by atoms with van der Waals surface area (Å²) < 4.78 is 32.4. The molecule has 1 N–H and O–H groups in total. The number of halogens is 1. The zero-order valence-electron chi connectivity index (χ0n) is 17.4. The summed E-state index contributed by atoms with van der Waals surface area (Å²) in [7, 11) is -3.69. The number of morpholine rings is 1. The van der Waals surface area contributed by atoms with Crippen molar-refractivity contribution in [1.82, 2.24) is 9.29 Å². The highest BCUT2D eigenvalue weighted by atomic mass is 35.5. The number of ether oxygens (including phenoxy) is 1. The van der Waals surface area contributed by atoms with Crippen LogP contribution in [0, 0.1) is 6.92 Å². The molecule has 0 radical (unpaired) electrons. The van der Waals surface area contributed by atoms with Gasteiger partial charge in [0.15, 0.2) is 0 Å². The summed E-state index contributed by atoms with van der Waals surface area (Å²) in [6, 6.07) is 14.1. The highest BCUT2D eigenvalue weighted by molar-refractivity contribution is 7.99. The standard InChI is InChI=1S/C22H22ClN3O4S2/c1-15-12-22(25-19-5-3-2-4-17(15)19)31-14-21(27)24-20-13-16(6-7-18(20)23)32(28,29)26-8-10-30-11-9-26/h2-7,12-13H,8-11,14H2,1H3,(H,24,27). The second-order valence-electron chi connectivity index (χ2n) is 7.29. The van der Waals surface area contributed by atoms with E-state index in [4.69, 9.17) is 16.3 Å². The minimum atomic E-state index is -3.69. The number of para-hydroxylation sites is 1. The lowest BCUT2D eigenvalue weighted by atomic mass is 10.1. The molecule has 1 aliphatic rings. The molecular formula is C22H22ClN3O4S2. The Bertz CT molecular complexity index is 1260. The number of carbonyl (C=O) groups is 1. The number of amides is 1. The van der Waals surface area contributed by atoms with Crippen LogP contribution in [-0.2, 0) is 19.6 Å². The summed E-state index contributed by atoms with van der Waals surface area (Å²) >= 11 is 7.53. The van der Waals surface area contributed by atoms with Crippen molar-refractivity contribution in [3.63, 3.8) is 0 Å². The van der Waals surface area contributed by atoms with Gasteiger partial charge >= 0.3 is 0 Å². The van der Waals surface area contributed by atoms with E-state index in [1.807, 2.05) is 37.3 Å². The topological polar surface area (TPSA) is 88.6 Å². The number of sulfonamides is 1. The van der Waals surface area contributed by atoms with Crippen molar-refractivity contribution in [1.29, 1.82) is 0 Å². The smallest absolute Gasteiger partial charge is 0.243 e. The summed E-state index contributed by atoms with van der Waals surface area (Å²) in [4.78, 5) is 17.2. The summed E-state index contributed by atoms with van der Waals surface area (Å²) in [5, 5.41) is 4.81. The number of thioether (sulfide) groups is 1. The van der Waals surface area contributed by atoms with Crippen LogP contribution >= 0.6 is 23.4 Å². The van der Waals surface area contributed by atoms with Gasteiger partial charge in [0.2, 0.25) is 15.9 Å². The number of hydrogen-bond donors (Lipinski definition) is 1. The van der Waals surface area contributed by atoms with E-state index in [-0.39, 0.29) is 27.3 Å². The van der Waals surface area contributed by atoms with Gasteiger partial charge in [-0.05, 0) is 42.8 Å². The molecule has 0 atom stereocenters. The van der Waals surface area contributed by atoms with Crippen LogP contribution in [0.15, 0.2) is 58.5 Å². The fraction of sp³-hybridized carbons (Fsp3) is 0.273. The van der Waals surface area contributed by atoms with Crippen LogP contribution in [0.2, 0.25) is 5.02 Å². The van der Waals surface area contributed by atoms with Crippen LogP contribution in [0.5, 0.6) is 0 Å². The van der Waals surface area contributed by atoms with Crippen LogP contribution in [-0.4, -0.2) is 55.7 Å². The molecule has 168 valence electrons. The number of fused-ring (bicyclic) bond motifs is 1. The second-order valence-corrected chi connectivity index (χ2v) is 10.6. The second kappa shape index (κ2) is 9.76. The minimum Gasteiger partial charge on any atom is -0.379 e. The average Bonchev–Trinajstić information content (AvgIpc) is 2.80. The molecule has 10 heteroatoms. The van der Waals surface area contributed by atoms with Crippen molar-refractivity contribution in [2.75, 3.05) is 37.4 Å². The van der Waals surface area contributed by atoms with Gasteiger partial charge in [0.1, 0.15) is 0 Å². The Hall–Kier alpha value is -2.17. The predicted molar refractivity (Wildman–Crippen MR) is 127 cm³/mol. The number of aryl methyl sites for hydroxylation is 1. The van der Waals surface area contributed by atoms with Gasteiger partial charge in [0.05, 0.1) is 45.1 Å². The first-order valence-corrected chi connectivity index (χ1v) is 12.8. The molecule has 2 heterocycles. The van der Waals surface area contributed by atoms with Crippen molar-refractivity contribution in [3.05, 3.63) is 59.1 Å². The maximum atomic E-state index is 12.9. The molecule has 1 fully saturated rings. The molecule has 0 bridgehead atoms. The summed E-state index contributed by atoms with van der Waals surface area (Å²) in [5.41, 5.74) is 2.22. The first-order valence-electron chi connectivity index (χ1n) is 10.0. The van der Waals surface area contributed by atoms with Gasteiger partial charge in [0.25, 0.3) is 0 Å². The molecule has 3 aromatic rings. The Morgan fingerprint density at radius 3 is 2.72 bits per heavy atom. The lowest BCUT2D eigenvalue weighted by Crippen LogP contribution is -2.40. The molecule has 1 aliphatic heterocycles. The Balaban J connectivity index is 1.46. The molecule has 2 aromatic carbocycles. The SMILES string of the molecule is Cc1cc(SCC(=O)Nc2cc(S(=O)(=O)N3CCOCC3)ccc2Cl)nc2ccccc12. The lowest BCUT2D eigenvalue weighted by molar-refractivity contribution is -0.113. The molecule has 0 saturated carbocycles. The summed E-state index contributed by atoms with van der Waals surface area (Å²) in [6.07, 6.45) is 0. The van der Waals surface area contributed by atoms with Gasteiger partial charge in [-0.25, -0.2) is 13.4 Å². The van der Waals surface area contributed by atoms with E-state index >= 15 is 0 Å². The first-order chi connectivity index (χ1) is 15.3. The Morgan fingerprint density at radius 1 is 1.19 bits per heavy atom. The average molecular weight is 492 g/mol. The number of nitrogens with zero attached hydrogens (tertiary/aromatic N) is 2. The maximum absolute atomic E-state index is 12.9. The van der Waals surface area contributed by atoms with Crippen LogP contribution < -0.4 is 5.32 Å². The molecule has 32 heavy (non-hydrogen) atoms. The Labute approximate surface area is 196 Å². The molecule has 7 nitrogen and oxygen atoms in total. The van der Waals surface area contributed by atoms with Crippen LogP contribution in [0.25, 0.3) is 10.9 Å². The maximum Gasteiger partial charge on any atom is 0.243 e. The van der Waals surface area contributed by atoms with E-state index < -0.39 is 10.0 Å². The van der Waals surface area contributed by atoms with E-state index in [0.717, 1.165) is 21.5 Å². The zero-order chi connectivity index (χ0) is 22.7. The van der Waals surface area contributed by atoms with Crippen molar-refractivity contribution in [3.8, 4) is 0 Å². The largest absolute Gasteiger partial charge is 0.379 e. The third-order valence-corrected chi connectivity index (χ3v) is 8.21. The van der Waals surface area contributed by atoms with Crippen LogP contribution in [0.3, 0.4) is 0 Å². The van der Waals surface area contributed by atoms with Gasteiger partial charge < -0.3 is 10.1 Å². The molecule has 4 rings (SSSR count). The number of nitrogens with one attached hydrogen (secondary N) is 1. The van der Waals surface area contributed by atoms with E-state index in [1.165, 1.54) is 34.3 Å². The van der Waals surface area contributed by atoms with E-state index in [9.17, 15) is 13.2 Å². The van der Waals surface area contributed by atoms with Crippen molar-refractivity contribution in [2.24, 2.45) is 0 Å². The van der Waals surface area contributed by atoms with Crippen molar-refractivity contribution in [2.45, 2.75) is 16.8 Å². The van der Waals surface area contributed by atoms with E-state index in [2.05, 4.69) is 10.3 Å². The molecule has 1 saturated heterocycles. The number of pyridine rings is 1. The van der Waals surface area contributed by atoms with E-state index in [0.29, 0.717) is 26.3 Å². The fourth-order valence-corrected chi connectivity index (χ4v) is 5.79. The lowest BCUT2D eigenvalue weighted by Gasteiger charge is -2.26. The number of benzene rings is 2. The Kier molecular flexibility index (Phi) is 7.02. The molecule has 1 aromatic heterocycles. The van der Waals surface area contributed by atoms with Gasteiger partial charge in [-0.1, -0.05) is 41.6 Å². The molecule has 0 spiro atoms. The first kappa shape index (κ1) is 23.0. The van der Waals surface area contributed by atoms with Gasteiger partial charge in [0, 0.05) is 18.5 Å². The molecule has 0 unspecified atom stereocenters. The number of rotatable bonds is 6. The monoisotopic (exact) mass is 491 g/mol. The summed E-state index contributed by atoms with van der Waals surface area (Å²) in [6.45, 7) is 3.31. The van der Waals surface area contributed by atoms with Crippen LogP contribution in [0.4, 0.5) is 5.69 Å². The van der Waals surface area contributed by atoms with Gasteiger partial charge in [-0.2, -0.15) is 4.31 Å². The third kappa shape index (κ3) is 5.07. The van der Waals surface area contributed by atoms with Crippen molar-refractivity contribution < 1.29 is 17.9 Å². The number of carbonyl (C=O) groups excluding carboxylic acids is 1. The highest BCUT2D eigenvalue weighted by Crippen LogP contribution is 2.28. The summed E-state index contributed by atoms with van der Waals surface area (Å²) in [5.74, 6) is -0.188. The quantitative estimate of drug-likeness (QED) is 0.525. The normalized spacial score (nSPS) is 15.1. The number of aromatic nitrogens is 1. The van der Waals surface area contributed by atoms with Crippen LogP contribution in [0.1, 0.15) is 5.56 Å². The zero-order valence-corrected chi connectivity index (χ0v) is 19.8. The number of hydrogen-bond acceptors (Lipinski definition) is 6. The molecule has 0 aliphatic carbocycles. The van der Waals surface area contributed by atoms with Gasteiger partial charge in [-0.15, -0.1) is 0 Å². The van der Waals surface area contributed by atoms with E-state index in [1.54, 1.807) is 0 Å². The van der Waals surface area contributed by atoms with Crippen molar-refractivity contribution >= 4 is 55.9 Å². The molecule has 1 amide bonds. The Morgan fingerprint density at radius 2 is 1.94 bits per heavy atom. The third-order valence-electron chi connectivity index (χ3n) is 5.07. The highest BCUT2D eigenvalue weighted by Gasteiger charge is 2.27. The number of anilines is 1. The minimum absolute atomic E-state index is 0.0820. The molecular weight excluding hydrogens is 470 g/mol. The van der Waals surface area contributed by atoms with Gasteiger partial charge in [-0.3, -0.25) is 4.79 Å². The predicted octanol–water partition coefficient (Wildman–Crippen LogP) is 3.95. The fourth-order valence-electron chi connectivity index (χ4n) is 3.41.